The van der Waals surface area contributed by atoms with Crippen molar-refractivity contribution in [3.63, 3.8) is 0 Å². The van der Waals surface area contributed by atoms with E-state index in [2.05, 4.69) is 4.99 Å². The van der Waals surface area contributed by atoms with Gasteiger partial charge in [-0.25, -0.2) is 19.0 Å². The van der Waals surface area contributed by atoms with Gasteiger partial charge in [0, 0.05) is 17.0 Å². The van der Waals surface area contributed by atoms with Gasteiger partial charge in [-0.05, 0) is 66.5 Å². The second-order valence-electron chi connectivity index (χ2n) is 7.41. The van der Waals surface area contributed by atoms with Crippen LogP contribution < -0.4 is 15.4 Å². The minimum absolute atomic E-state index is 0.283. The maximum atomic E-state index is 13.2. The number of nitrogens with one attached hydrogen (secondary N) is 1. The third-order valence-corrected chi connectivity index (χ3v) is 6.04. The minimum Gasteiger partial charge on any atom is -0.496 e. The smallest absolute Gasteiger partial charge is 0.344 e. The van der Waals surface area contributed by atoms with Gasteiger partial charge in [-0.3, -0.25) is 0 Å². The van der Waals surface area contributed by atoms with Crippen molar-refractivity contribution in [3.05, 3.63) is 94.6 Å². The lowest BCUT2D eigenvalue weighted by Gasteiger charge is -2.12. The van der Waals surface area contributed by atoms with Crippen LogP contribution in [0.1, 0.15) is 10.4 Å². The molecule has 0 aliphatic carbocycles. The van der Waals surface area contributed by atoms with Gasteiger partial charge in [-0.15, -0.1) is 0 Å². The Balaban J connectivity index is 1.69. The van der Waals surface area contributed by atoms with E-state index in [1.807, 2.05) is 24.5 Å². The number of amides is 1. The topological polar surface area (TPSA) is 73.7 Å². The van der Waals surface area contributed by atoms with Gasteiger partial charge < -0.3 is 9.15 Å². The van der Waals surface area contributed by atoms with E-state index >= 15 is 0 Å². The molecule has 0 unspecified atom stereocenters. The number of ether oxygens (including phenoxy) is 1. The van der Waals surface area contributed by atoms with Gasteiger partial charge in [-0.1, -0.05) is 18.2 Å². The van der Waals surface area contributed by atoms with E-state index in [0.29, 0.717) is 38.9 Å². The van der Waals surface area contributed by atoms with Crippen LogP contribution in [0.5, 0.6) is 5.75 Å². The molecule has 0 aliphatic heterocycles. The predicted octanol–water partition coefficient (Wildman–Crippen LogP) is 3.81. The van der Waals surface area contributed by atoms with Gasteiger partial charge in [0.25, 0.3) is 0 Å². The Kier molecular flexibility index (Phi) is 6.79. The Labute approximate surface area is 199 Å². The molecule has 34 heavy (non-hydrogen) atoms. The number of amidine groups is 1. The average Bonchev–Trinajstić information content (AvgIpc) is 2.86. The van der Waals surface area contributed by atoms with E-state index in [4.69, 9.17) is 9.15 Å². The zero-order valence-corrected chi connectivity index (χ0v) is 19.6. The van der Waals surface area contributed by atoms with Crippen molar-refractivity contribution < 1.29 is 23.3 Å². The summed E-state index contributed by atoms with van der Waals surface area (Å²) in [5.74, 6) is -0.214. The number of halogens is 1. The van der Waals surface area contributed by atoms with Crippen molar-refractivity contribution in [1.29, 1.82) is 0 Å². The number of rotatable bonds is 4. The normalized spacial score (nSPS) is 11.5. The monoisotopic (exact) mass is 477 g/mol. The molecule has 0 saturated carbocycles. The molecule has 8 heteroatoms. The molecule has 0 atom stereocenters. The maximum absolute atomic E-state index is 13.2. The minimum atomic E-state index is -0.460. The van der Waals surface area contributed by atoms with Gasteiger partial charge in [0.1, 0.15) is 22.8 Å². The van der Waals surface area contributed by atoms with Crippen LogP contribution in [0.2, 0.25) is 0 Å². The van der Waals surface area contributed by atoms with Gasteiger partial charge in [0.05, 0.1) is 25.3 Å². The highest BCUT2D eigenvalue weighted by Gasteiger charge is 2.24. The molecule has 0 aliphatic rings. The van der Waals surface area contributed by atoms with Gasteiger partial charge in [0.2, 0.25) is 0 Å². The molecule has 1 heterocycles. The first-order valence-electron chi connectivity index (χ1n) is 10.3. The summed E-state index contributed by atoms with van der Waals surface area (Å²) in [6.07, 6.45) is 1.84. The molecule has 172 valence electrons. The standard InChI is InChI=1S/C26H21FN2O4S/c1-29(24(30)16-8-10-18(27)11-9-16)26(34-3)28-19-12-13-20(23(15-19)32-2)21-14-17-6-4-5-7-22(17)33-25(21)31/h4-15H,1-3H3/p+1. The summed E-state index contributed by atoms with van der Waals surface area (Å²) < 4.78 is 24.2. The Morgan fingerprint density at radius 3 is 2.47 bits per heavy atom. The van der Waals surface area contributed by atoms with Crippen LogP contribution in [0, 0.1) is 5.82 Å². The summed E-state index contributed by atoms with van der Waals surface area (Å²) in [4.78, 5) is 30.1. The molecule has 1 N–H and O–H groups in total. The number of hydrogen-bond donors (Lipinski definition) is 1. The van der Waals surface area contributed by atoms with E-state index in [9.17, 15) is 14.0 Å². The summed E-state index contributed by atoms with van der Waals surface area (Å²) >= 11 is 1.35. The van der Waals surface area contributed by atoms with Crippen LogP contribution in [0.15, 0.2) is 82.0 Å². The van der Waals surface area contributed by atoms with Crippen LogP contribution in [0.4, 0.5) is 10.1 Å². The Morgan fingerprint density at radius 2 is 1.76 bits per heavy atom. The number of benzene rings is 3. The van der Waals surface area contributed by atoms with Crippen molar-refractivity contribution in [1.82, 2.24) is 4.90 Å². The lowest BCUT2D eigenvalue weighted by Crippen LogP contribution is -2.69. The number of carbonyl (C=O) groups is 1. The molecule has 0 radical (unpaired) electrons. The van der Waals surface area contributed by atoms with Crippen LogP contribution in [-0.2, 0) is 0 Å². The summed E-state index contributed by atoms with van der Waals surface area (Å²) in [5.41, 5.74) is 2.07. The Hall–Kier alpha value is -3.91. The first-order chi connectivity index (χ1) is 16.4. The third kappa shape index (κ3) is 4.72. The molecule has 1 aromatic heterocycles. The molecule has 0 bridgehead atoms. The largest absolute Gasteiger partial charge is 0.496 e. The number of para-hydroxylation sites is 1. The summed E-state index contributed by atoms with van der Waals surface area (Å²) in [7, 11) is 3.16. The molecule has 1 amide bonds. The molecule has 6 nitrogen and oxygen atoms in total. The highest BCUT2D eigenvalue weighted by atomic mass is 32.2. The first kappa shape index (κ1) is 23.3. The lowest BCUT2D eigenvalue weighted by molar-refractivity contribution is -0.355. The van der Waals surface area contributed by atoms with Crippen LogP contribution >= 0.6 is 11.8 Å². The van der Waals surface area contributed by atoms with Gasteiger partial charge in [-0.2, -0.15) is 4.90 Å². The van der Waals surface area contributed by atoms with Crippen molar-refractivity contribution in [3.8, 4) is 16.9 Å². The van der Waals surface area contributed by atoms with E-state index in [-0.39, 0.29) is 5.91 Å². The molecule has 0 fully saturated rings. The zero-order chi connectivity index (χ0) is 24.2. The van der Waals surface area contributed by atoms with E-state index < -0.39 is 11.4 Å². The highest BCUT2D eigenvalue weighted by Crippen LogP contribution is 2.31. The quantitative estimate of drug-likeness (QED) is 0.275. The fourth-order valence-electron chi connectivity index (χ4n) is 3.51. The molecule has 3 aromatic carbocycles. The molecule has 0 saturated heterocycles. The highest BCUT2D eigenvalue weighted by molar-refractivity contribution is 8.12. The zero-order valence-electron chi connectivity index (χ0n) is 18.8. The number of thioether (sulfide) groups is 1. The van der Waals surface area contributed by atoms with Crippen LogP contribution in [0.25, 0.3) is 22.1 Å². The second-order valence-corrected chi connectivity index (χ2v) is 8.20. The number of fused-ring (bicyclic) bond motifs is 1. The van der Waals surface area contributed by atoms with E-state index in [1.54, 1.807) is 37.4 Å². The Morgan fingerprint density at radius 1 is 1.03 bits per heavy atom. The molecule has 4 rings (SSSR count). The van der Waals surface area contributed by atoms with Gasteiger partial charge in [0.15, 0.2) is 0 Å². The second kappa shape index (κ2) is 9.93. The fraction of sp³-hybridized carbons (Fsp3) is 0.115. The predicted molar refractivity (Wildman–Crippen MR) is 132 cm³/mol. The maximum Gasteiger partial charge on any atom is 0.344 e. The average molecular weight is 478 g/mol. The van der Waals surface area contributed by atoms with Crippen molar-refractivity contribution in [2.75, 3.05) is 20.4 Å². The molecular weight excluding hydrogens is 455 g/mol. The molecular formula is C26H22FN2O4S+. The van der Waals surface area contributed by atoms with Crippen molar-refractivity contribution in [2.45, 2.75) is 0 Å². The van der Waals surface area contributed by atoms with Crippen LogP contribution in [0.3, 0.4) is 0 Å². The fourth-order valence-corrected chi connectivity index (χ4v) is 4.09. The summed E-state index contributed by atoms with van der Waals surface area (Å²) in [6.45, 7) is 0. The van der Waals surface area contributed by atoms with Crippen molar-refractivity contribution in [2.24, 2.45) is 0 Å². The van der Waals surface area contributed by atoms with Crippen molar-refractivity contribution >= 4 is 39.5 Å². The first-order valence-corrected chi connectivity index (χ1v) is 11.6. The number of methoxy groups -OCH3 is 1. The number of hydrogen-bond acceptors (Lipinski definition) is 5. The lowest BCUT2D eigenvalue weighted by atomic mass is 10.0. The summed E-state index contributed by atoms with van der Waals surface area (Å²) in [6, 6.07) is 19.8. The SMILES string of the molecule is COc1cc([NH+]=C(SC)N(C)C(=O)c2ccc(F)cc2)ccc1-c1cc2ccccc2oc1=O. The number of carbonyl (C=O) groups excluding carboxylic acids is 1. The Bertz CT molecular complexity index is 1450. The third-order valence-electron chi connectivity index (χ3n) is 5.28. The molecule has 0 spiro atoms. The van der Waals surface area contributed by atoms with E-state index in [0.717, 1.165) is 5.39 Å². The molecule has 4 aromatic rings. The van der Waals surface area contributed by atoms with E-state index in [1.165, 1.54) is 48.0 Å². The number of nitrogens with zero attached hydrogens (tertiary/aromatic N) is 1. The van der Waals surface area contributed by atoms with Gasteiger partial charge >= 0.3 is 16.7 Å². The summed E-state index contributed by atoms with van der Waals surface area (Å²) in [5, 5.41) is 1.37. The van der Waals surface area contributed by atoms with Crippen LogP contribution in [-0.4, -0.2) is 36.4 Å².